The maximum absolute atomic E-state index is 14.1. The van der Waals surface area contributed by atoms with Gasteiger partial charge in [-0.3, -0.25) is 0 Å². The number of hydrogen-bond donors (Lipinski definition) is 0. The molecule has 0 radical (unpaired) electrons. The van der Waals surface area contributed by atoms with Crippen LogP contribution in [-0.2, 0) is 15.9 Å². The van der Waals surface area contributed by atoms with E-state index in [0.717, 1.165) is 19.3 Å². The summed E-state index contributed by atoms with van der Waals surface area (Å²) in [5, 5.41) is 0. The Morgan fingerprint density at radius 3 is 2.43 bits per heavy atom. The average Bonchev–Trinajstić information content (AvgIpc) is 2.42. The fraction of sp³-hybridized carbons (Fsp3) is 0.600. The van der Waals surface area contributed by atoms with E-state index < -0.39 is 15.8 Å². The zero-order valence-corrected chi connectivity index (χ0v) is 14.3. The van der Waals surface area contributed by atoms with Gasteiger partial charge in [-0.1, -0.05) is 25.8 Å². The van der Waals surface area contributed by atoms with Crippen molar-refractivity contribution in [2.75, 3.05) is 6.54 Å². The van der Waals surface area contributed by atoms with Gasteiger partial charge in [-0.2, -0.15) is 4.31 Å². The number of benzene rings is 1. The first-order valence-corrected chi connectivity index (χ1v) is 9.18. The third kappa shape index (κ3) is 4.66. The van der Waals surface area contributed by atoms with E-state index in [2.05, 4.69) is 6.92 Å². The van der Waals surface area contributed by atoms with Crippen LogP contribution in [0.15, 0.2) is 23.1 Å². The number of hydrogen-bond acceptors (Lipinski definition) is 2. The molecule has 0 saturated heterocycles. The van der Waals surface area contributed by atoms with Crippen molar-refractivity contribution in [1.29, 1.82) is 0 Å². The Morgan fingerprint density at radius 1 is 1.29 bits per heavy atom. The van der Waals surface area contributed by atoms with Gasteiger partial charge in [-0.25, -0.2) is 12.8 Å². The molecular weight excluding hydrogens is 313 g/mol. The predicted octanol–water partition coefficient (Wildman–Crippen LogP) is 4.15. The molecule has 0 aromatic heterocycles. The summed E-state index contributed by atoms with van der Waals surface area (Å²) in [7, 11) is -3.82. The Morgan fingerprint density at radius 2 is 1.95 bits per heavy atom. The number of nitrogens with zero attached hydrogens (tertiary/aromatic N) is 1. The van der Waals surface area contributed by atoms with Crippen LogP contribution in [0.25, 0.3) is 0 Å². The third-order valence-electron chi connectivity index (χ3n) is 3.30. The molecule has 1 rings (SSSR count). The molecule has 0 unspecified atom stereocenters. The maximum Gasteiger partial charge on any atom is 0.246 e. The van der Waals surface area contributed by atoms with Gasteiger partial charge in [-0.05, 0) is 38.0 Å². The van der Waals surface area contributed by atoms with Crippen LogP contribution in [0.2, 0.25) is 0 Å². The van der Waals surface area contributed by atoms with Gasteiger partial charge in [0, 0.05) is 18.5 Å². The lowest BCUT2D eigenvalue weighted by Gasteiger charge is -2.26. The van der Waals surface area contributed by atoms with E-state index >= 15 is 0 Å². The molecule has 0 aliphatic heterocycles. The molecule has 0 N–H and O–H groups in total. The second-order valence-corrected chi connectivity index (χ2v) is 7.44. The molecule has 0 aliphatic carbocycles. The van der Waals surface area contributed by atoms with Gasteiger partial charge in [0.05, 0.1) is 0 Å². The molecule has 6 heteroatoms. The highest BCUT2D eigenvalue weighted by Gasteiger charge is 2.29. The van der Waals surface area contributed by atoms with Crippen molar-refractivity contribution in [3.05, 3.63) is 29.6 Å². The van der Waals surface area contributed by atoms with Crippen LogP contribution in [0.3, 0.4) is 0 Å². The average molecular weight is 336 g/mol. The molecule has 0 atom stereocenters. The standard InChI is InChI=1S/C15H23ClFNO2S/c1-4-5-6-9-18(12(2)3)21(19,20)15-8-7-13(11-16)10-14(15)17/h7-8,10,12H,4-6,9,11H2,1-3H3. The maximum atomic E-state index is 14.1. The van der Waals surface area contributed by atoms with E-state index in [9.17, 15) is 12.8 Å². The summed E-state index contributed by atoms with van der Waals surface area (Å²) in [4.78, 5) is -0.276. The summed E-state index contributed by atoms with van der Waals surface area (Å²) < 4.78 is 40.7. The highest BCUT2D eigenvalue weighted by atomic mass is 35.5. The number of rotatable bonds is 8. The Hall–Kier alpha value is -0.650. The second-order valence-electron chi connectivity index (χ2n) is 5.32. The van der Waals surface area contributed by atoms with E-state index in [0.29, 0.717) is 12.1 Å². The largest absolute Gasteiger partial charge is 0.246 e. The summed E-state index contributed by atoms with van der Waals surface area (Å²) in [5.41, 5.74) is 0.565. The van der Waals surface area contributed by atoms with E-state index in [1.54, 1.807) is 19.9 Å². The Bertz CT molecular complexity index is 561. The Labute approximate surface area is 132 Å². The Balaban J connectivity index is 3.11. The quantitative estimate of drug-likeness (QED) is 0.528. The molecule has 1 aromatic rings. The molecule has 0 aliphatic rings. The summed E-state index contributed by atoms with van der Waals surface area (Å²) in [5.74, 6) is -0.587. The zero-order chi connectivity index (χ0) is 16.0. The lowest BCUT2D eigenvalue weighted by atomic mass is 10.2. The van der Waals surface area contributed by atoms with Gasteiger partial charge in [0.25, 0.3) is 0 Å². The summed E-state index contributed by atoms with van der Waals surface area (Å²) >= 11 is 5.64. The monoisotopic (exact) mass is 335 g/mol. The highest BCUT2D eigenvalue weighted by molar-refractivity contribution is 7.89. The van der Waals surface area contributed by atoms with Crippen LogP contribution in [0, 0.1) is 5.82 Å². The van der Waals surface area contributed by atoms with Gasteiger partial charge in [-0.15, -0.1) is 11.6 Å². The van der Waals surface area contributed by atoms with E-state index in [1.165, 1.54) is 16.4 Å². The van der Waals surface area contributed by atoms with Gasteiger partial charge in [0.1, 0.15) is 10.7 Å². The van der Waals surface area contributed by atoms with Gasteiger partial charge in [0.15, 0.2) is 0 Å². The van der Waals surface area contributed by atoms with Gasteiger partial charge in [0.2, 0.25) is 10.0 Å². The minimum absolute atomic E-state index is 0.154. The fourth-order valence-corrected chi connectivity index (χ4v) is 4.03. The van der Waals surface area contributed by atoms with Crippen LogP contribution in [-0.4, -0.2) is 25.3 Å². The molecule has 1 aromatic carbocycles. The molecule has 0 saturated carbocycles. The van der Waals surface area contributed by atoms with Crippen LogP contribution >= 0.6 is 11.6 Å². The van der Waals surface area contributed by atoms with E-state index in [4.69, 9.17) is 11.6 Å². The molecule has 0 spiro atoms. The van der Waals surface area contributed by atoms with Crippen molar-refractivity contribution >= 4 is 21.6 Å². The molecule has 3 nitrogen and oxygen atoms in total. The smallest absolute Gasteiger partial charge is 0.207 e. The Kier molecular flexibility index (Phi) is 7.10. The minimum atomic E-state index is -3.82. The van der Waals surface area contributed by atoms with Gasteiger partial charge < -0.3 is 0 Å². The number of unbranched alkanes of at least 4 members (excludes halogenated alkanes) is 2. The van der Waals surface area contributed by atoms with Crippen LogP contribution < -0.4 is 0 Å². The van der Waals surface area contributed by atoms with Gasteiger partial charge >= 0.3 is 0 Å². The first-order chi connectivity index (χ1) is 9.84. The van der Waals surface area contributed by atoms with Crippen molar-refractivity contribution in [2.24, 2.45) is 0 Å². The number of alkyl halides is 1. The zero-order valence-electron chi connectivity index (χ0n) is 12.8. The number of halogens is 2. The molecular formula is C15H23ClFNO2S. The third-order valence-corrected chi connectivity index (χ3v) is 5.71. The van der Waals surface area contributed by atoms with Crippen molar-refractivity contribution in [2.45, 2.75) is 56.9 Å². The summed E-state index contributed by atoms with van der Waals surface area (Å²) in [6.07, 6.45) is 2.73. The molecule has 0 amide bonds. The van der Waals surface area contributed by atoms with Crippen LogP contribution in [0.1, 0.15) is 45.6 Å². The minimum Gasteiger partial charge on any atom is -0.207 e. The molecule has 21 heavy (non-hydrogen) atoms. The lowest BCUT2D eigenvalue weighted by Crippen LogP contribution is -2.38. The topological polar surface area (TPSA) is 37.4 Å². The van der Waals surface area contributed by atoms with Crippen molar-refractivity contribution in [3.8, 4) is 0 Å². The first-order valence-electron chi connectivity index (χ1n) is 7.20. The van der Waals surface area contributed by atoms with Crippen molar-refractivity contribution in [1.82, 2.24) is 4.31 Å². The fourth-order valence-electron chi connectivity index (χ4n) is 2.14. The van der Waals surface area contributed by atoms with Crippen LogP contribution in [0.4, 0.5) is 4.39 Å². The van der Waals surface area contributed by atoms with Crippen molar-refractivity contribution < 1.29 is 12.8 Å². The molecule has 0 bridgehead atoms. The van der Waals surface area contributed by atoms with Crippen LogP contribution in [0.5, 0.6) is 0 Å². The number of sulfonamides is 1. The van der Waals surface area contributed by atoms with E-state index in [-0.39, 0.29) is 16.8 Å². The highest BCUT2D eigenvalue weighted by Crippen LogP contribution is 2.23. The van der Waals surface area contributed by atoms with E-state index in [1.807, 2.05) is 0 Å². The normalized spacial score (nSPS) is 12.3. The second kappa shape index (κ2) is 8.11. The first kappa shape index (κ1) is 18.4. The summed E-state index contributed by atoms with van der Waals surface area (Å²) in [6, 6.07) is 3.83. The molecule has 120 valence electrons. The predicted molar refractivity (Wildman–Crippen MR) is 84.5 cm³/mol. The molecule has 0 fully saturated rings. The SMILES string of the molecule is CCCCCN(C(C)C)S(=O)(=O)c1ccc(CCl)cc1F. The molecule has 0 heterocycles. The summed E-state index contributed by atoms with van der Waals surface area (Å²) in [6.45, 7) is 6.06. The lowest BCUT2D eigenvalue weighted by molar-refractivity contribution is 0.344. The van der Waals surface area contributed by atoms with Crippen molar-refractivity contribution in [3.63, 3.8) is 0 Å².